The summed E-state index contributed by atoms with van der Waals surface area (Å²) in [5.74, 6) is -0.343. The number of anilines is 1. The lowest BCUT2D eigenvalue weighted by Gasteiger charge is -2.20. The van der Waals surface area contributed by atoms with E-state index in [0.29, 0.717) is 24.3 Å². The number of benzene rings is 1. The van der Waals surface area contributed by atoms with Gasteiger partial charge in [0.1, 0.15) is 5.82 Å². The Morgan fingerprint density at radius 1 is 1.43 bits per heavy atom. The predicted molar refractivity (Wildman–Crippen MR) is 82.8 cm³/mol. The first kappa shape index (κ1) is 15.8. The molecular weight excluding hydrogens is 269 g/mol. The van der Waals surface area contributed by atoms with Gasteiger partial charge in [0.05, 0.1) is 12.2 Å². The maximum Gasteiger partial charge on any atom is 0.239 e. The van der Waals surface area contributed by atoms with Crippen molar-refractivity contribution in [3.05, 3.63) is 29.6 Å². The molecule has 0 spiro atoms. The summed E-state index contributed by atoms with van der Waals surface area (Å²) >= 11 is 0. The lowest BCUT2D eigenvalue weighted by Crippen LogP contribution is -2.36. The maximum absolute atomic E-state index is 14.1. The van der Waals surface area contributed by atoms with E-state index in [1.165, 1.54) is 6.07 Å². The summed E-state index contributed by atoms with van der Waals surface area (Å²) in [5, 5.41) is 6.16. The number of nitrogens with zero attached hydrogens (tertiary/aromatic N) is 1. The average molecular weight is 293 g/mol. The zero-order chi connectivity index (χ0) is 15.4. The third-order valence-electron chi connectivity index (χ3n) is 3.46. The highest BCUT2D eigenvalue weighted by Crippen LogP contribution is 2.21. The Labute approximate surface area is 125 Å². The van der Waals surface area contributed by atoms with E-state index >= 15 is 0 Å². The number of nitrogens with one attached hydrogen (secondary N) is 2. The van der Waals surface area contributed by atoms with E-state index < -0.39 is 0 Å². The topological polar surface area (TPSA) is 44.4 Å². The van der Waals surface area contributed by atoms with Gasteiger partial charge in [0.15, 0.2) is 0 Å². The van der Waals surface area contributed by atoms with Crippen molar-refractivity contribution >= 4 is 11.6 Å². The quantitative estimate of drug-likeness (QED) is 0.808. The number of carbonyl (C=O) groups excluding carboxylic acids is 1. The van der Waals surface area contributed by atoms with Crippen molar-refractivity contribution in [1.82, 2.24) is 10.6 Å². The summed E-state index contributed by atoms with van der Waals surface area (Å²) < 4.78 is 14.1. The van der Waals surface area contributed by atoms with E-state index in [1.807, 2.05) is 6.07 Å². The molecule has 4 nitrogen and oxygen atoms in total. The molecule has 21 heavy (non-hydrogen) atoms. The standard InChI is InChI=1S/C16H24FN3O/c1-11(2)18-9-12-4-7-15(14(17)8-12)20(3)10-16(21)19-13-5-6-13/h4,7-8,11,13,18H,5-6,9-10H2,1-3H3,(H,19,21). The van der Waals surface area contributed by atoms with Crippen LogP contribution in [0.4, 0.5) is 10.1 Å². The summed E-state index contributed by atoms with van der Waals surface area (Å²) in [6.45, 7) is 4.92. The molecule has 0 aromatic heterocycles. The molecule has 1 aromatic rings. The first-order valence-corrected chi connectivity index (χ1v) is 7.48. The van der Waals surface area contributed by atoms with Crippen molar-refractivity contribution in [3.8, 4) is 0 Å². The summed E-state index contributed by atoms with van der Waals surface area (Å²) in [6, 6.07) is 5.85. The van der Waals surface area contributed by atoms with Crippen molar-refractivity contribution in [1.29, 1.82) is 0 Å². The van der Waals surface area contributed by atoms with Crippen LogP contribution in [0.1, 0.15) is 32.3 Å². The van der Waals surface area contributed by atoms with Crippen molar-refractivity contribution in [2.24, 2.45) is 0 Å². The molecule has 5 heteroatoms. The molecule has 0 atom stereocenters. The molecule has 1 aliphatic rings. The summed E-state index contributed by atoms with van der Waals surface area (Å²) in [7, 11) is 1.73. The van der Waals surface area contributed by atoms with E-state index in [4.69, 9.17) is 0 Å². The van der Waals surface area contributed by atoms with Crippen LogP contribution in [0, 0.1) is 5.82 Å². The van der Waals surface area contributed by atoms with Crippen molar-refractivity contribution in [3.63, 3.8) is 0 Å². The fourth-order valence-corrected chi connectivity index (χ4v) is 2.09. The average Bonchev–Trinajstić information content (AvgIpc) is 3.19. The Kier molecular flexibility index (Phi) is 5.17. The van der Waals surface area contributed by atoms with E-state index in [1.54, 1.807) is 18.0 Å². The minimum absolute atomic E-state index is 0.0510. The molecule has 1 aromatic carbocycles. The van der Waals surface area contributed by atoms with E-state index in [-0.39, 0.29) is 18.3 Å². The smallest absolute Gasteiger partial charge is 0.239 e. The van der Waals surface area contributed by atoms with Gasteiger partial charge in [-0.3, -0.25) is 4.79 Å². The van der Waals surface area contributed by atoms with Crippen LogP contribution in [0.15, 0.2) is 18.2 Å². The molecule has 0 heterocycles. The van der Waals surface area contributed by atoms with Crippen LogP contribution in [0.3, 0.4) is 0 Å². The van der Waals surface area contributed by atoms with Crippen LogP contribution < -0.4 is 15.5 Å². The van der Waals surface area contributed by atoms with Crippen molar-refractivity contribution in [2.45, 2.75) is 45.3 Å². The molecule has 0 saturated heterocycles. The lowest BCUT2D eigenvalue weighted by atomic mass is 10.1. The number of halogens is 1. The van der Waals surface area contributed by atoms with E-state index in [0.717, 1.165) is 18.4 Å². The summed E-state index contributed by atoms with van der Waals surface area (Å²) in [5.41, 5.74) is 1.36. The predicted octanol–water partition coefficient (Wildman–Crippen LogP) is 2.04. The highest BCUT2D eigenvalue weighted by molar-refractivity contribution is 5.81. The number of hydrogen-bond donors (Lipinski definition) is 2. The highest BCUT2D eigenvalue weighted by Gasteiger charge is 2.23. The highest BCUT2D eigenvalue weighted by atomic mass is 19.1. The minimum Gasteiger partial charge on any atom is -0.363 e. The Balaban J connectivity index is 1.93. The molecule has 2 rings (SSSR count). The van der Waals surface area contributed by atoms with Crippen LogP contribution in [-0.2, 0) is 11.3 Å². The molecule has 1 saturated carbocycles. The van der Waals surface area contributed by atoms with Crippen molar-refractivity contribution in [2.75, 3.05) is 18.5 Å². The molecule has 0 aliphatic heterocycles. The Morgan fingerprint density at radius 2 is 2.14 bits per heavy atom. The molecule has 1 aliphatic carbocycles. The number of amides is 1. The Bertz CT molecular complexity index is 500. The normalized spacial score (nSPS) is 14.3. The maximum atomic E-state index is 14.1. The van der Waals surface area contributed by atoms with E-state index in [9.17, 15) is 9.18 Å². The fourth-order valence-electron chi connectivity index (χ4n) is 2.09. The van der Waals surface area contributed by atoms with Crippen LogP contribution in [0.2, 0.25) is 0 Å². The van der Waals surface area contributed by atoms with Gasteiger partial charge in [0, 0.05) is 25.7 Å². The molecule has 0 radical (unpaired) electrons. The summed E-state index contributed by atoms with van der Waals surface area (Å²) in [4.78, 5) is 13.4. The molecular formula is C16H24FN3O. The fraction of sp³-hybridized carbons (Fsp3) is 0.562. The largest absolute Gasteiger partial charge is 0.363 e. The third-order valence-corrected chi connectivity index (χ3v) is 3.46. The van der Waals surface area contributed by atoms with Gasteiger partial charge in [0.2, 0.25) is 5.91 Å². The molecule has 116 valence electrons. The van der Waals surface area contributed by atoms with Gasteiger partial charge in [0.25, 0.3) is 0 Å². The number of rotatable bonds is 7. The van der Waals surface area contributed by atoms with Gasteiger partial charge < -0.3 is 15.5 Å². The van der Waals surface area contributed by atoms with Crippen molar-refractivity contribution < 1.29 is 9.18 Å². The first-order valence-electron chi connectivity index (χ1n) is 7.48. The zero-order valence-electron chi connectivity index (χ0n) is 12.9. The molecule has 1 fully saturated rings. The minimum atomic E-state index is -0.292. The lowest BCUT2D eigenvalue weighted by molar-refractivity contribution is -0.119. The van der Waals surface area contributed by atoms with Crippen LogP contribution >= 0.6 is 0 Å². The van der Waals surface area contributed by atoms with Crippen LogP contribution in [0.25, 0.3) is 0 Å². The molecule has 1 amide bonds. The van der Waals surface area contributed by atoms with Crippen LogP contribution in [-0.4, -0.2) is 31.6 Å². The SMILES string of the molecule is CC(C)NCc1ccc(N(C)CC(=O)NC2CC2)c(F)c1. The van der Waals surface area contributed by atoms with Crippen LogP contribution in [0.5, 0.6) is 0 Å². The van der Waals surface area contributed by atoms with Gasteiger partial charge in [-0.1, -0.05) is 19.9 Å². The number of likely N-dealkylation sites (N-methyl/N-ethyl adjacent to an activating group) is 1. The molecule has 0 bridgehead atoms. The Morgan fingerprint density at radius 3 is 2.71 bits per heavy atom. The van der Waals surface area contributed by atoms with Gasteiger partial charge in [-0.2, -0.15) is 0 Å². The van der Waals surface area contributed by atoms with Gasteiger partial charge in [-0.15, -0.1) is 0 Å². The third kappa shape index (κ3) is 5.01. The summed E-state index contributed by atoms with van der Waals surface area (Å²) in [6.07, 6.45) is 2.11. The second-order valence-electron chi connectivity index (χ2n) is 6.02. The second kappa shape index (κ2) is 6.89. The first-order chi connectivity index (χ1) is 9.95. The van der Waals surface area contributed by atoms with E-state index in [2.05, 4.69) is 24.5 Å². The number of carbonyl (C=O) groups is 1. The molecule has 0 unspecified atom stereocenters. The van der Waals surface area contributed by atoms with Gasteiger partial charge in [-0.25, -0.2) is 4.39 Å². The number of hydrogen-bond acceptors (Lipinski definition) is 3. The second-order valence-corrected chi connectivity index (χ2v) is 6.02. The zero-order valence-corrected chi connectivity index (χ0v) is 12.9. The van der Waals surface area contributed by atoms with Gasteiger partial charge >= 0.3 is 0 Å². The molecule has 2 N–H and O–H groups in total. The Hall–Kier alpha value is -1.62. The van der Waals surface area contributed by atoms with Gasteiger partial charge in [-0.05, 0) is 30.5 Å². The monoisotopic (exact) mass is 293 g/mol.